The van der Waals surface area contributed by atoms with E-state index in [0.717, 1.165) is 12.1 Å². The fraction of sp³-hybridized carbons (Fsp3) is 0.778. The number of hydrogen-bond acceptors (Lipinski definition) is 3. The molecule has 0 atom stereocenters. The standard InChI is InChI=1S/C18H30N2S/c1-2-4-7-16(6-3-1)19-17-9-12-20(13-10-17)14-11-18-8-5-15-21-18/h5,8,15-17,19H,1-4,6-7,9-14H2. The first kappa shape index (κ1) is 15.5. The lowest BCUT2D eigenvalue weighted by molar-refractivity contribution is 0.190. The average Bonchev–Trinajstić information content (AvgIpc) is 2.91. The van der Waals surface area contributed by atoms with E-state index < -0.39 is 0 Å². The highest BCUT2D eigenvalue weighted by Gasteiger charge is 2.22. The Morgan fingerprint density at radius 1 is 1.00 bits per heavy atom. The molecule has 0 spiro atoms. The highest BCUT2D eigenvalue weighted by atomic mass is 32.1. The van der Waals surface area contributed by atoms with Crippen LogP contribution in [0.15, 0.2) is 17.5 Å². The van der Waals surface area contributed by atoms with Gasteiger partial charge in [-0.25, -0.2) is 0 Å². The zero-order chi connectivity index (χ0) is 14.3. The summed E-state index contributed by atoms with van der Waals surface area (Å²) in [6.07, 6.45) is 12.6. The molecule has 1 aromatic heterocycles. The van der Waals surface area contributed by atoms with Gasteiger partial charge in [-0.2, -0.15) is 0 Å². The van der Waals surface area contributed by atoms with Gasteiger partial charge in [0, 0.05) is 23.5 Å². The largest absolute Gasteiger partial charge is 0.311 e. The lowest BCUT2D eigenvalue weighted by Crippen LogP contribution is -2.46. The van der Waals surface area contributed by atoms with E-state index in [1.165, 1.54) is 82.3 Å². The van der Waals surface area contributed by atoms with Gasteiger partial charge in [0.15, 0.2) is 0 Å². The molecular weight excluding hydrogens is 276 g/mol. The summed E-state index contributed by atoms with van der Waals surface area (Å²) in [6, 6.07) is 6.04. The number of rotatable bonds is 5. The molecule has 0 unspecified atom stereocenters. The molecule has 2 fully saturated rings. The van der Waals surface area contributed by atoms with Gasteiger partial charge in [-0.05, 0) is 56.6 Å². The van der Waals surface area contributed by atoms with Gasteiger partial charge in [0.1, 0.15) is 0 Å². The van der Waals surface area contributed by atoms with Crippen LogP contribution in [0, 0.1) is 0 Å². The first-order valence-corrected chi connectivity index (χ1v) is 9.79. The normalized spacial score (nSPS) is 23.2. The molecule has 0 radical (unpaired) electrons. The average molecular weight is 307 g/mol. The highest BCUT2D eigenvalue weighted by Crippen LogP contribution is 2.20. The minimum absolute atomic E-state index is 0.783. The predicted octanol–water partition coefficient (Wildman–Crippen LogP) is 4.07. The number of nitrogens with one attached hydrogen (secondary N) is 1. The Hall–Kier alpha value is -0.380. The van der Waals surface area contributed by atoms with E-state index >= 15 is 0 Å². The van der Waals surface area contributed by atoms with Crippen molar-refractivity contribution in [2.45, 2.75) is 69.9 Å². The van der Waals surface area contributed by atoms with Crippen molar-refractivity contribution in [3.63, 3.8) is 0 Å². The number of likely N-dealkylation sites (tertiary alicyclic amines) is 1. The van der Waals surface area contributed by atoms with Crippen molar-refractivity contribution in [3.8, 4) is 0 Å². The summed E-state index contributed by atoms with van der Waals surface area (Å²) in [7, 11) is 0. The Kier molecular flexibility index (Phi) is 6.13. The van der Waals surface area contributed by atoms with Gasteiger partial charge in [0.25, 0.3) is 0 Å². The van der Waals surface area contributed by atoms with Crippen molar-refractivity contribution < 1.29 is 0 Å². The zero-order valence-electron chi connectivity index (χ0n) is 13.2. The van der Waals surface area contributed by atoms with Crippen molar-refractivity contribution >= 4 is 11.3 Å². The van der Waals surface area contributed by atoms with Gasteiger partial charge < -0.3 is 10.2 Å². The minimum atomic E-state index is 0.783. The molecule has 1 aliphatic carbocycles. The highest BCUT2D eigenvalue weighted by molar-refractivity contribution is 7.09. The Balaban J connectivity index is 1.34. The Labute approximate surface area is 133 Å². The Bertz CT molecular complexity index is 374. The number of piperidine rings is 1. The maximum atomic E-state index is 3.96. The first-order valence-electron chi connectivity index (χ1n) is 8.91. The molecule has 2 heterocycles. The monoisotopic (exact) mass is 306 g/mol. The Morgan fingerprint density at radius 3 is 2.38 bits per heavy atom. The van der Waals surface area contributed by atoms with Gasteiger partial charge in [-0.3, -0.25) is 0 Å². The van der Waals surface area contributed by atoms with Gasteiger partial charge in [-0.15, -0.1) is 11.3 Å². The summed E-state index contributed by atoms with van der Waals surface area (Å²) in [5, 5.41) is 6.16. The fourth-order valence-electron chi connectivity index (χ4n) is 3.83. The molecule has 1 saturated heterocycles. The molecule has 3 heteroatoms. The second kappa shape index (κ2) is 8.30. The molecule has 118 valence electrons. The number of nitrogens with zero attached hydrogens (tertiary/aromatic N) is 1. The Morgan fingerprint density at radius 2 is 1.71 bits per heavy atom. The molecule has 2 aliphatic rings. The molecule has 0 aromatic carbocycles. The van der Waals surface area contributed by atoms with Crippen LogP contribution in [0.5, 0.6) is 0 Å². The van der Waals surface area contributed by atoms with Gasteiger partial charge in [0.2, 0.25) is 0 Å². The van der Waals surface area contributed by atoms with Crippen molar-refractivity contribution in [1.82, 2.24) is 10.2 Å². The summed E-state index contributed by atoms with van der Waals surface area (Å²) in [4.78, 5) is 4.19. The second-order valence-corrected chi connectivity index (χ2v) is 7.83. The second-order valence-electron chi connectivity index (χ2n) is 6.80. The van der Waals surface area contributed by atoms with Crippen LogP contribution in [-0.4, -0.2) is 36.6 Å². The summed E-state index contributed by atoms with van der Waals surface area (Å²) in [5.41, 5.74) is 0. The summed E-state index contributed by atoms with van der Waals surface area (Å²) < 4.78 is 0. The van der Waals surface area contributed by atoms with E-state index in [2.05, 4.69) is 27.7 Å². The lowest BCUT2D eigenvalue weighted by Gasteiger charge is -2.34. The smallest absolute Gasteiger partial charge is 0.00940 e. The van der Waals surface area contributed by atoms with Crippen LogP contribution < -0.4 is 5.32 Å². The molecule has 2 nitrogen and oxygen atoms in total. The number of hydrogen-bond donors (Lipinski definition) is 1. The van der Waals surface area contributed by atoms with E-state index in [9.17, 15) is 0 Å². The van der Waals surface area contributed by atoms with Crippen LogP contribution in [0.25, 0.3) is 0 Å². The molecule has 1 aliphatic heterocycles. The molecular formula is C18H30N2S. The molecule has 1 N–H and O–H groups in total. The molecule has 1 saturated carbocycles. The zero-order valence-corrected chi connectivity index (χ0v) is 14.0. The van der Waals surface area contributed by atoms with Crippen molar-refractivity contribution in [2.24, 2.45) is 0 Å². The van der Waals surface area contributed by atoms with Gasteiger partial charge >= 0.3 is 0 Å². The van der Waals surface area contributed by atoms with Gasteiger partial charge in [0.05, 0.1) is 0 Å². The summed E-state index contributed by atoms with van der Waals surface area (Å²) in [5.74, 6) is 0. The van der Waals surface area contributed by atoms with Crippen LogP contribution in [0.4, 0.5) is 0 Å². The van der Waals surface area contributed by atoms with E-state index in [1.807, 2.05) is 11.3 Å². The number of thiophene rings is 1. The summed E-state index contributed by atoms with van der Waals surface area (Å²) >= 11 is 1.90. The van der Waals surface area contributed by atoms with E-state index in [4.69, 9.17) is 0 Å². The van der Waals surface area contributed by atoms with Crippen LogP contribution in [0.1, 0.15) is 56.2 Å². The third-order valence-electron chi connectivity index (χ3n) is 5.17. The summed E-state index contributed by atoms with van der Waals surface area (Å²) in [6.45, 7) is 3.82. The third-order valence-corrected chi connectivity index (χ3v) is 6.10. The van der Waals surface area contributed by atoms with Crippen molar-refractivity contribution in [1.29, 1.82) is 0 Å². The quantitative estimate of drug-likeness (QED) is 0.825. The first-order chi connectivity index (χ1) is 10.4. The van der Waals surface area contributed by atoms with Crippen molar-refractivity contribution in [2.75, 3.05) is 19.6 Å². The van der Waals surface area contributed by atoms with E-state index in [-0.39, 0.29) is 0 Å². The van der Waals surface area contributed by atoms with Crippen LogP contribution >= 0.6 is 11.3 Å². The molecule has 0 bridgehead atoms. The fourth-order valence-corrected chi connectivity index (χ4v) is 4.52. The van der Waals surface area contributed by atoms with Crippen molar-refractivity contribution in [3.05, 3.63) is 22.4 Å². The van der Waals surface area contributed by atoms with Gasteiger partial charge in [-0.1, -0.05) is 31.7 Å². The van der Waals surface area contributed by atoms with Crippen LogP contribution in [-0.2, 0) is 6.42 Å². The molecule has 3 rings (SSSR count). The third kappa shape index (κ3) is 5.08. The minimum Gasteiger partial charge on any atom is -0.311 e. The molecule has 1 aromatic rings. The topological polar surface area (TPSA) is 15.3 Å². The maximum Gasteiger partial charge on any atom is 0.00940 e. The molecule has 0 amide bonds. The lowest BCUT2D eigenvalue weighted by atomic mass is 10.0. The van der Waals surface area contributed by atoms with E-state index in [1.54, 1.807) is 0 Å². The maximum absolute atomic E-state index is 3.96. The van der Waals surface area contributed by atoms with Crippen LogP contribution in [0.3, 0.4) is 0 Å². The molecule has 21 heavy (non-hydrogen) atoms. The van der Waals surface area contributed by atoms with Crippen LogP contribution in [0.2, 0.25) is 0 Å². The SMILES string of the molecule is c1csc(CCN2CCC(NC3CCCCCC3)CC2)c1. The predicted molar refractivity (Wildman–Crippen MR) is 92.1 cm³/mol. The van der Waals surface area contributed by atoms with E-state index in [0.29, 0.717) is 0 Å².